The van der Waals surface area contributed by atoms with E-state index in [1.165, 1.54) is 6.20 Å². The third-order valence-corrected chi connectivity index (χ3v) is 3.10. The lowest BCUT2D eigenvalue weighted by Crippen LogP contribution is -2.28. The van der Waals surface area contributed by atoms with Gasteiger partial charge in [-0.1, -0.05) is 0 Å². The van der Waals surface area contributed by atoms with E-state index >= 15 is 0 Å². The highest BCUT2D eigenvalue weighted by atomic mass is 79.9. The number of aromatic nitrogens is 1. The molecule has 88 valence electrons. The average molecular weight is 307 g/mol. The van der Waals surface area contributed by atoms with Crippen LogP contribution < -0.4 is 5.32 Å². The van der Waals surface area contributed by atoms with E-state index in [1.54, 1.807) is 12.3 Å². The number of halogens is 1. The molecular weight excluding hydrogens is 296 g/mol. The third-order valence-electron chi connectivity index (χ3n) is 1.73. The Kier molecular flexibility index (Phi) is 4.43. The van der Waals surface area contributed by atoms with E-state index in [9.17, 15) is 13.2 Å². The highest BCUT2D eigenvalue weighted by Gasteiger charge is 2.07. The van der Waals surface area contributed by atoms with Crippen molar-refractivity contribution in [3.05, 3.63) is 28.5 Å². The number of carbonyl (C=O) groups is 1. The normalized spacial score (nSPS) is 11.1. The van der Waals surface area contributed by atoms with Gasteiger partial charge < -0.3 is 5.32 Å². The minimum absolute atomic E-state index is 0.0693. The first-order valence-corrected chi connectivity index (χ1v) is 7.30. The molecule has 0 fully saturated rings. The molecule has 0 spiro atoms. The number of rotatable bonds is 4. The molecule has 1 rings (SSSR count). The van der Waals surface area contributed by atoms with E-state index in [0.717, 1.165) is 6.26 Å². The lowest BCUT2D eigenvalue weighted by Gasteiger charge is -2.04. The number of sulfone groups is 1. The van der Waals surface area contributed by atoms with Gasteiger partial charge >= 0.3 is 0 Å². The Morgan fingerprint density at radius 2 is 2.19 bits per heavy atom. The van der Waals surface area contributed by atoms with Crippen molar-refractivity contribution < 1.29 is 13.2 Å². The maximum atomic E-state index is 11.5. The van der Waals surface area contributed by atoms with Crippen LogP contribution in [0.15, 0.2) is 22.9 Å². The zero-order valence-corrected chi connectivity index (χ0v) is 11.0. The summed E-state index contributed by atoms with van der Waals surface area (Å²) in [6, 6.07) is 1.61. The van der Waals surface area contributed by atoms with Crippen LogP contribution in [0.25, 0.3) is 0 Å². The summed E-state index contributed by atoms with van der Waals surface area (Å²) >= 11 is 3.19. The van der Waals surface area contributed by atoms with Crippen LogP contribution in [0, 0.1) is 0 Å². The standard InChI is InChI=1S/C9H11BrN2O3S/c1-16(14,15)3-2-12-9(13)7-4-8(10)6-11-5-7/h4-6H,2-3H2,1H3,(H,12,13). The molecule has 1 amide bonds. The van der Waals surface area contributed by atoms with Gasteiger partial charge in [-0.2, -0.15) is 0 Å². The molecule has 1 aromatic rings. The highest BCUT2D eigenvalue weighted by Crippen LogP contribution is 2.09. The Bertz CT molecular complexity index is 487. The van der Waals surface area contributed by atoms with Crippen LogP contribution in [0.2, 0.25) is 0 Å². The minimum Gasteiger partial charge on any atom is -0.351 e. The molecular formula is C9H11BrN2O3S. The first-order valence-electron chi connectivity index (χ1n) is 4.45. The van der Waals surface area contributed by atoms with Crippen molar-refractivity contribution in [2.75, 3.05) is 18.6 Å². The van der Waals surface area contributed by atoms with Crippen molar-refractivity contribution in [1.82, 2.24) is 10.3 Å². The largest absolute Gasteiger partial charge is 0.351 e. The summed E-state index contributed by atoms with van der Waals surface area (Å²) in [5.41, 5.74) is 0.392. The fraction of sp³-hybridized carbons (Fsp3) is 0.333. The number of amides is 1. The molecule has 0 unspecified atom stereocenters. The minimum atomic E-state index is -3.05. The summed E-state index contributed by atoms with van der Waals surface area (Å²) in [6.07, 6.45) is 4.10. The van der Waals surface area contributed by atoms with Gasteiger partial charge in [-0.25, -0.2) is 8.42 Å². The first kappa shape index (κ1) is 13.1. The van der Waals surface area contributed by atoms with Gasteiger partial charge in [0.2, 0.25) is 0 Å². The molecule has 1 N–H and O–H groups in total. The second-order valence-electron chi connectivity index (χ2n) is 3.28. The van der Waals surface area contributed by atoms with Crippen molar-refractivity contribution in [1.29, 1.82) is 0 Å². The Balaban J connectivity index is 2.54. The van der Waals surface area contributed by atoms with E-state index < -0.39 is 9.84 Å². The molecule has 0 aromatic carbocycles. The summed E-state index contributed by atoms with van der Waals surface area (Å²) < 4.78 is 22.4. The van der Waals surface area contributed by atoms with Crippen LogP contribution in [-0.4, -0.2) is 37.9 Å². The number of hydrogen-bond acceptors (Lipinski definition) is 4. The van der Waals surface area contributed by atoms with Crippen LogP contribution >= 0.6 is 15.9 Å². The molecule has 16 heavy (non-hydrogen) atoms. The summed E-state index contributed by atoms with van der Waals surface area (Å²) in [4.78, 5) is 15.4. The molecule has 0 saturated carbocycles. The summed E-state index contributed by atoms with van der Waals surface area (Å²) in [5, 5.41) is 2.50. The number of carbonyl (C=O) groups excluding carboxylic acids is 1. The zero-order valence-electron chi connectivity index (χ0n) is 8.60. The molecule has 0 aliphatic rings. The molecule has 5 nitrogen and oxygen atoms in total. The van der Waals surface area contributed by atoms with Gasteiger partial charge in [0, 0.05) is 29.7 Å². The molecule has 0 saturated heterocycles. The molecule has 7 heteroatoms. The highest BCUT2D eigenvalue weighted by molar-refractivity contribution is 9.10. The maximum Gasteiger partial charge on any atom is 0.252 e. The van der Waals surface area contributed by atoms with Gasteiger partial charge in [-0.05, 0) is 22.0 Å². The molecule has 0 bridgehead atoms. The van der Waals surface area contributed by atoms with E-state index in [0.29, 0.717) is 10.0 Å². The van der Waals surface area contributed by atoms with Crippen LogP contribution in [0.4, 0.5) is 0 Å². The van der Waals surface area contributed by atoms with E-state index in [1.807, 2.05) is 0 Å². The van der Waals surface area contributed by atoms with Crippen LogP contribution in [0.3, 0.4) is 0 Å². The quantitative estimate of drug-likeness (QED) is 0.884. The summed E-state index contributed by atoms with van der Waals surface area (Å²) in [6.45, 7) is 0.101. The van der Waals surface area contributed by atoms with Gasteiger partial charge in [0.25, 0.3) is 5.91 Å². The Hall–Kier alpha value is -0.950. The zero-order chi connectivity index (χ0) is 12.2. The van der Waals surface area contributed by atoms with Crippen molar-refractivity contribution in [2.24, 2.45) is 0 Å². The maximum absolute atomic E-state index is 11.5. The van der Waals surface area contributed by atoms with Crippen molar-refractivity contribution >= 4 is 31.7 Å². The lowest BCUT2D eigenvalue weighted by atomic mass is 10.3. The van der Waals surface area contributed by atoms with Gasteiger partial charge in [0.1, 0.15) is 9.84 Å². The Morgan fingerprint density at radius 3 is 2.75 bits per heavy atom. The number of hydrogen-bond donors (Lipinski definition) is 1. The van der Waals surface area contributed by atoms with Gasteiger partial charge in [0.15, 0.2) is 0 Å². The van der Waals surface area contributed by atoms with Crippen molar-refractivity contribution in [3.63, 3.8) is 0 Å². The predicted octanol–water partition coefficient (Wildman–Crippen LogP) is 0.618. The number of nitrogens with one attached hydrogen (secondary N) is 1. The van der Waals surface area contributed by atoms with Crippen molar-refractivity contribution in [2.45, 2.75) is 0 Å². The average Bonchev–Trinajstić information content (AvgIpc) is 2.15. The van der Waals surface area contributed by atoms with Gasteiger partial charge in [0.05, 0.1) is 11.3 Å². The fourth-order valence-corrected chi connectivity index (χ4v) is 1.83. The Morgan fingerprint density at radius 1 is 1.50 bits per heavy atom. The second kappa shape index (κ2) is 5.40. The van der Waals surface area contributed by atoms with E-state index in [2.05, 4.69) is 26.2 Å². The van der Waals surface area contributed by atoms with Gasteiger partial charge in [-0.3, -0.25) is 9.78 Å². The van der Waals surface area contributed by atoms with Crippen LogP contribution in [0.5, 0.6) is 0 Å². The third kappa shape index (κ3) is 4.71. The van der Waals surface area contributed by atoms with Gasteiger partial charge in [-0.15, -0.1) is 0 Å². The van der Waals surface area contributed by atoms with E-state index in [-0.39, 0.29) is 18.2 Å². The molecule has 0 aliphatic heterocycles. The van der Waals surface area contributed by atoms with Crippen molar-refractivity contribution in [3.8, 4) is 0 Å². The molecule has 0 radical (unpaired) electrons. The monoisotopic (exact) mass is 306 g/mol. The topological polar surface area (TPSA) is 76.1 Å². The smallest absolute Gasteiger partial charge is 0.252 e. The number of nitrogens with zero attached hydrogens (tertiary/aromatic N) is 1. The second-order valence-corrected chi connectivity index (χ2v) is 6.45. The van der Waals surface area contributed by atoms with Crippen LogP contribution in [-0.2, 0) is 9.84 Å². The molecule has 0 aliphatic carbocycles. The Labute approximate surface area is 102 Å². The fourth-order valence-electron chi connectivity index (χ4n) is 0.988. The van der Waals surface area contributed by atoms with E-state index in [4.69, 9.17) is 0 Å². The summed E-state index contributed by atoms with van der Waals surface area (Å²) in [5.74, 6) is -0.405. The molecule has 1 heterocycles. The molecule has 0 atom stereocenters. The lowest BCUT2D eigenvalue weighted by molar-refractivity contribution is 0.0955. The first-order chi connectivity index (χ1) is 7.38. The molecule has 1 aromatic heterocycles. The van der Waals surface area contributed by atoms with Crippen LogP contribution in [0.1, 0.15) is 10.4 Å². The SMILES string of the molecule is CS(=O)(=O)CCNC(=O)c1cncc(Br)c1. The summed E-state index contributed by atoms with van der Waals surface area (Å²) in [7, 11) is -3.05. The predicted molar refractivity (Wildman–Crippen MR) is 64.0 cm³/mol. The number of pyridine rings is 1.